The van der Waals surface area contributed by atoms with Gasteiger partial charge in [0.25, 0.3) is 0 Å². The minimum Gasteiger partial charge on any atom is -0.410 e. The highest BCUT2D eigenvalue weighted by molar-refractivity contribution is 5.72. The molecule has 3 aromatic heterocycles. The van der Waals surface area contributed by atoms with E-state index < -0.39 is 0 Å². The molecular formula is C19H22N6O2. The van der Waals surface area contributed by atoms with Gasteiger partial charge in [0.2, 0.25) is 5.82 Å². The number of nitrogens with zero attached hydrogens (tertiary/aromatic N) is 5. The molecule has 1 aliphatic rings. The van der Waals surface area contributed by atoms with E-state index in [4.69, 9.17) is 10.5 Å². The summed E-state index contributed by atoms with van der Waals surface area (Å²) in [6.45, 7) is 3.48. The van der Waals surface area contributed by atoms with Crippen LogP contribution in [0.1, 0.15) is 26.2 Å². The summed E-state index contributed by atoms with van der Waals surface area (Å²) in [5.74, 6) is 1.78. The van der Waals surface area contributed by atoms with E-state index in [0.29, 0.717) is 41.2 Å². The van der Waals surface area contributed by atoms with Crippen LogP contribution in [-0.2, 0) is 0 Å². The Labute approximate surface area is 157 Å². The highest BCUT2D eigenvalue weighted by atomic mass is 16.6. The second-order valence-electron chi connectivity index (χ2n) is 6.79. The topological polar surface area (TPSA) is 98.6 Å². The number of ether oxygens (including phenoxy) is 1. The molecule has 0 unspecified atom stereocenters. The molecule has 1 saturated carbocycles. The zero-order valence-electron chi connectivity index (χ0n) is 15.2. The Morgan fingerprint density at radius 2 is 2.22 bits per heavy atom. The van der Waals surface area contributed by atoms with Crippen LogP contribution >= 0.6 is 0 Å². The summed E-state index contributed by atoms with van der Waals surface area (Å²) in [5, 5.41) is 4.38. The standard InChI is InChI=1S/C19H22N6O2/c1-2-9-24(12-13-6-7-13)19(26)27-14-10-16(20)25-17(11-14)22-18(23-25)15-5-3-4-8-21-15/h3-5,8,10-11,13H,2,6-7,9,12,20H2,1H3. The summed E-state index contributed by atoms with van der Waals surface area (Å²) in [5.41, 5.74) is 7.24. The third-order valence-corrected chi connectivity index (χ3v) is 4.46. The monoisotopic (exact) mass is 366 g/mol. The molecule has 0 atom stereocenters. The normalized spacial score (nSPS) is 13.7. The summed E-state index contributed by atoms with van der Waals surface area (Å²) in [6.07, 6.45) is 4.59. The number of hydrogen-bond acceptors (Lipinski definition) is 6. The Hall–Kier alpha value is -3.16. The van der Waals surface area contributed by atoms with Gasteiger partial charge in [-0.1, -0.05) is 13.0 Å². The van der Waals surface area contributed by atoms with E-state index >= 15 is 0 Å². The molecule has 1 aliphatic carbocycles. The Bertz CT molecular complexity index is 951. The number of anilines is 1. The molecule has 0 aromatic carbocycles. The molecule has 8 heteroatoms. The lowest BCUT2D eigenvalue weighted by atomic mass is 10.3. The zero-order valence-corrected chi connectivity index (χ0v) is 15.2. The highest BCUT2D eigenvalue weighted by Crippen LogP contribution is 2.30. The minimum atomic E-state index is -0.350. The molecule has 3 aromatic rings. The number of carbonyl (C=O) groups excluding carboxylic acids is 1. The molecule has 140 valence electrons. The minimum absolute atomic E-state index is 0.342. The van der Waals surface area contributed by atoms with Gasteiger partial charge in [-0.15, -0.1) is 5.10 Å². The van der Waals surface area contributed by atoms with Crippen LogP contribution in [0, 0.1) is 5.92 Å². The molecule has 0 radical (unpaired) electrons. The second kappa shape index (κ2) is 7.22. The predicted molar refractivity (Wildman–Crippen MR) is 101 cm³/mol. The third-order valence-electron chi connectivity index (χ3n) is 4.46. The average Bonchev–Trinajstić information content (AvgIpc) is 3.38. The number of carbonyl (C=O) groups is 1. The molecule has 1 fully saturated rings. The summed E-state index contributed by atoms with van der Waals surface area (Å²) in [6, 6.07) is 8.77. The van der Waals surface area contributed by atoms with Gasteiger partial charge in [0.15, 0.2) is 5.65 Å². The van der Waals surface area contributed by atoms with E-state index in [1.165, 1.54) is 17.4 Å². The molecule has 3 heterocycles. The van der Waals surface area contributed by atoms with Crippen molar-refractivity contribution in [3.8, 4) is 17.3 Å². The molecule has 0 aliphatic heterocycles. The summed E-state index contributed by atoms with van der Waals surface area (Å²) < 4.78 is 7.08. The van der Waals surface area contributed by atoms with E-state index in [-0.39, 0.29) is 6.09 Å². The molecule has 0 saturated heterocycles. The van der Waals surface area contributed by atoms with Crippen molar-refractivity contribution in [3.05, 3.63) is 36.5 Å². The number of nitrogen functional groups attached to an aromatic ring is 1. The number of amides is 1. The van der Waals surface area contributed by atoms with Crippen molar-refractivity contribution in [2.45, 2.75) is 26.2 Å². The second-order valence-corrected chi connectivity index (χ2v) is 6.79. The lowest BCUT2D eigenvalue weighted by molar-refractivity contribution is 0.150. The maximum atomic E-state index is 12.5. The summed E-state index contributed by atoms with van der Waals surface area (Å²) in [4.78, 5) is 23.0. The van der Waals surface area contributed by atoms with Gasteiger partial charge in [-0.25, -0.2) is 9.78 Å². The maximum Gasteiger partial charge on any atom is 0.415 e. The van der Waals surface area contributed by atoms with E-state index in [1.54, 1.807) is 23.2 Å². The summed E-state index contributed by atoms with van der Waals surface area (Å²) in [7, 11) is 0. The van der Waals surface area contributed by atoms with Crippen molar-refractivity contribution < 1.29 is 9.53 Å². The van der Waals surface area contributed by atoms with Crippen LogP contribution in [0.3, 0.4) is 0 Å². The smallest absolute Gasteiger partial charge is 0.410 e. The van der Waals surface area contributed by atoms with Crippen molar-refractivity contribution in [2.75, 3.05) is 18.8 Å². The fourth-order valence-electron chi connectivity index (χ4n) is 2.95. The van der Waals surface area contributed by atoms with Gasteiger partial charge in [0, 0.05) is 31.4 Å². The van der Waals surface area contributed by atoms with Crippen molar-refractivity contribution in [1.29, 1.82) is 0 Å². The zero-order chi connectivity index (χ0) is 18.8. The third kappa shape index (κ3) is 3.84. The number of pyridine rings is 2. The molecule has 8 nitrogen and oxygen atoms in total. The molecule has 4 rings (SSSR count). The average molecular weight is 366 g/mol. The van der Waals surface area contributed by atoms with Crippen LogP contribution in [0.15, 0.2) is 36.5 Å². The van der Waals surface area contributed by atoms with Crippen LogP contribution in [0.5, 0.6) is 5.75 Å². The number of hydrogen-bond donors (Lipinski definition) is 1. The number of rotatable bonds is 6. The van der Waals surface area contributed by atoms with E-state index in [9.17, 15) is 4.79 Å². The first-order valence-electron chi connectivity index (χ1n) is 9.18. The van der Waals surface area contributed by atoms with Crippen LogP contribution in [0.2, 0.25) is 0 Å². The quantitative estimate of drug-likeness (QED) is 0.720. The number of nitrogens with two attached hydrogens (primary N) is 1. The van der Waals surface area contributed by atoms with Crippen molar-refractivity contribution in [1.82, 2.24) is 24.5 Å². The molecule has 0 spiro atoms. The van der Waals surface area contributed by atoms with E-state index in [1.807, 2.05) is 25.1 Å². The molecule has 27 heavy (non-hydrogen) atoms. The van der Waals surface area contributed by atoms with Gasteiger partial charge in [0.05, 0.1) is 0 Å². The van der Waals surface area contributed by atoms with Gasteiger partial charge in [-0.3, -0.25) is 4.98 Å². The van der Waals surface area contributed by atoms with E-state index in [2.05, 4.69) is 15.1 Å². The SMILES string of the molecule is CCCN(CC1CC1)C(=O)Oc1cc(N)n2nc(-c3ccccn3)nc2c1. The first-order chi connectivity index (χ1) is 13.1. The fraction of sp³-hybridized carbons (Fsp3) is 0.368. The number of fused-ring (bicyclic) bond motifs is 1. The van der Waals surface area contributed by atoms with Gasteiger partial charge in [-0.05, 0) is 37.3 Å². The van der Waals surface area contributed by atoms with Crippen molar-refractivity contribution >= 4 is 17.6 Å². The Morgan fingerprint density at radius 1 is 1.37 bits per heavy atom. The molecule has 1 amide bonds. The first kappa shape index (κ1) is 17.3. The Kier molecular flexibility index (Phi) is 4.62. The van der Waals surface area contributed by atoms with Crippen molar-refractivity contribution in [2.24, 2.45) is 5.92 Å². The Morgan fingerprint density at radius 3 is 2.93 bits per heavy atom. The maximum absolute atomic E-state index is 12.5. The van der Waals surface area contributed by atoms with Crippen LogP contribution in [-0.4, -0.2) is 43.7 Å². The van der Waals surface area contributed by atoms with E-state index in [0.717, 1.165) is 13.0 Å². The first-order valence-corrected chi connectivity index (χ1v) is 9.18. The lowest BCUT2D eigenvalue weighted by Crippen LogP contribution is -2.35. The van der Waals surface area contributed by atoms with Crippen molar-refractivity contribution in [3.63, 3.8) is 0 Å². The fourth-order valence-corrected chi connectivity index (χ4v) is 2.95. The van der Waals surface area contributed by atoms with Crippen LogP contribution in [0.4, 0.5) is 10.6 Å². The Balaban J connectivity index is 1.57. The molecular weight excluding hydrogens is 344 g/mol. The molecule has 0 bridgehead atoms. The van der Waals surface area contributed by atoms with Gasteiger partial charge >= 0.3 is 6.09 Å². The van der Waals surface area contributed by atoms with Gasteiger partial charge in [0.1, 0.15) is 17.3 Å². The van der Waals surface area contributed by atoms with Gasteiger partial charge < -0.3 is 15.4 Å². The lowest BCUT2D eigenvalue weighted by Gasteiger charge is -2.21. The summed E-state index contributed by atoms with van der Waals surface area (Å²) >= 11 is 0. The van der Waals surface area contributed by atoms with Crippen LogP contribution in [0.25, 0.3) is 17.2 Å². The highest BCUT2D eigenvalue weighted by Gasteiger charge is 2.27. The molecule has 2 N–H and O–H groups in total. The van der Waals surface area contributed by atoms with Crippen LogP contribution < -0.4 is 10.5 Å². The van der Waals surface area contributed by atoms with Gasteiger partial charge in [-0.2, -0.15) is 4.52 Å². The predicted octanol–water partition coefficient (Wildman–Crippen LogP) is 2.99. The number of aromatic nitrogens is 4. The largest absolute Gasteiger partial charge is 0.415 e.